The van der Waals surface area contributed by atoms with Gasteiger partial charge in [0.15, 0.2) is 0 Å². The molecule has 2 bridgehead atoms. The lowest BCUT2D eigenvalue weighted by Crippen LogP contribution is -2.41. The Morgan fingerprint density at radius 3 is 1.58 bits per heavy atom. The fourth-order valence-electron chi connectivity index (χ4n) is 5.84. The monoisotopic (exact) mass is 409 g/mol. The average molecular weight is 409 g/mol. The van der Waals surface area contributed by atoms with Crippen LogP contribution in [0.25, 0.3) is 0 Å². The maximum atomic E-state index is 13.7. The van der Waals surface area contributed by atoms with E-state index in [4.69, 9.17) is 4.74 Å². The van der Waals surface area contributed by atoms with Crippen LogP contribution in [0.4, 0.5) is 5.69 Å². The van der Waals surface area contributed by atoms with E-state index < -0.39 is 0 Å². The summed E-state index contributed by atoms with van der Waals surface area (Å²) in [6.45, 7) is 2.70. The Kier molecular flexibility index (Phi) is 4.04. The molecule has 154 valence electrons. The molecule has 1 heterocycles. The molecule has 2 atom stereocenters. The van der Waals surface area contributed by atoms with Crippen molar-refractivity contribution in [3.63, 3.8) is 0 Å². The quantitative estimate of drug-likeness (QED) is 0.578. The first kappa shape index (κ1) is 18.4. The third kappa shape index (κ3) is 2.48. The Labute approximate surface area is 181 Å². The number of carbonyl (C=O) groups is 2. The summed E-state index contributed by atoms with van der Waals surface area (Å²) in [5.41, 5.74) is 5.40. The Morgan fingerprint density at radius 1 is 0.710 bits per heavy atom. The van der Waals surface area contributed by atoms with E-state index in [2.05, 4.69) is 31.2 Å². The van der Waals surface area contributed by atoms with Crippen molar-refractivity contribution in [2.75, 3.05) is 11.5 Å². The van der Waals surface area contributed by atoms with Crippen LogP contribution in [0.1, 0.15) is 47.4 Å². The summed E-state index contributed by atoms with van der Waals surface area (Å²) in [4.78, 5) is 28.8. The van der Waals surface area contributed by atoms with E-state index in [1.807, 2.05) is 48.5 Å². The molecule has 0 spiro atoms. The molecule has 0 aromatic heterocycles. The van der Waals surface area contributed by atoms with Gasteiger partial charge in [-0.25, -0.2) is 4.90 Å². The van der Waals surface area contributed by atoms with Crippen LogP contribution in [0.2, 0.25) is 0 Å². The second-order valence-corrected chi connectivity index (χ2v) is 8.62. The number of rotatable bonds is 4. The highest BCUT2D eigenvalue weighted by Crippen LogP contribution is 2.61. The molecule has 3 aliphatic carbocycles. The van der Waals surface area contributed by atoms with Crippen LogP contribution in [0, 0.1) is 11.8 Å². The molecule has 3 aromatic rings. The molecule has 0 radical (unpaired) electrons. The number of anilines is 1. The number of ether oxygens (including phenoxy) is 1. The number of imide groups is 1. The molecule has 1 aliphatic heterocycles. The lowest BCUT2D eigenvalue weighted by molar-refractivity contribution is -0.122. The summed E-state index contributed by atoms with van der Waals surface area (Å²) in [5, 5.41) is 0. The molecule has 0 unspecified atom stereocenters. The molecule has 0 saturated carbocycles. The van der Waals surface area contributed by atoms with Crippen LogP contribution < -0.4 is 9.64 Å². The molecule has 4 nitrogen and oxygen atoms in total. The van der Waals surface area contributed by atoms with Crippen molar-refractivity contribution in [3.8, 4) is 5.75 Å². The van der Waals surface area contributed by atoms with Gasteiger partial charge in [-0.2, -0.15) is 0 Å². The maximum absolute atomic E-state index is 13.7. The summed E-state index contributed by atoms with van der Waals surface area (Å²) >= 11 is 0. The molecular formula is C27H23NO3. The van der Waals surface area contributed by atoms with Crippen LogP contribution in [-0.2, 0) is 9.59 Å². The predicted octanol–water partition coefficient (Wildman–Crippen LogP) is 4.87. The van der Waals surface area contributed by atoms with Gasteiger partial charge in [0.2, 0.25) is 11.8 Å². The Balaban J connectivity index is 1.44. The zero-order chi connectivity index (χ0) is 21.1. The summed E-state index contributed by atoms with van der Waals surface area (Å²) < 4.78 is 5.66. The van der Waals surface area contributed by atoms with Crippen molar-refractivity contribution in [1.82, 2.24) is 0 Å². The van der Waals surface area contributed by atoms with Crippen LogP contribution in [0.3, 0.4) is 0 Å². The van der Waals surface area contributed by atoms with Crippen LogP contribution >= 0.6 is 0 Å². The molecule has 1 fully saturated rings. The topological polar surface area (TPSA) is 46.6 Å². The number of benzene rings is 3. The first-order valence-electron chi connectivity index (χ1n) is 11.0. The third-order valence-electron chi connectivity index (χ3n) is 7.02. The van der Waals surface area contributed by atoms with Gasteiger partial charge < -0.3 is 4.74 Å². The first-order valence-corrected chi connectivity index (χ1v) is 11.0. The minimum atomic E-state index is -0.349. The molecular weight excluding hydrogens is 386 g/mol. The van der Waals surface area contributed by atoms with Crippen molar-refractivity contribution < 1.29 is 14.3 Å². The fourth-order valence-corrected chi connectivity index (χ4v) is 5.84. The standard InChI is InChI=1S/C27H23NO3/c1-2-15-31-17-13-11-16(12-14-17)28-26(29)24-22-18-7-3-4-8-19(18)23(25(24)27(28)30)21-10-6-5-9-20(21)22/h3-14,22-25H,2,15H2,1H3/t22?,23?,24-,25+. The first-order chi connectivity index (χ1) is 15.2. The summed E-state index contributed by atoms with van der Waals surface area (Å²) in [7, 11) is 0. The number of hydrogen-bond donors (Lipinski definition) is 0. The molecule has 7 rings (SSSR count). The Morgan fingerprint density at radius 2 is 1.16 bits per heavy atom. The van der Waals surface area contributed by atoms with Gasteiger partial charge in [-0.3, -0.25) is 9.59 Å². The number of amides is 2. The van der Waals surface area contributed by atoms with E-state index in [0.29, 0.717) is 12.3 Å². The normalized spacial score (nSPS) is 25.3. The summed E-state index contributed by atoms with van der Waals surface area (Å²) in [6.07, 6.45) is 0.929. The molecule has 3 aromatic carbocycles. The van der Waals surface area contributed by atoms with E-state index in [9.17, 15) is 9.59 Å². The minimum Gasteiger partial charge on any atom is -0.494 e. The molecule has 4 heteroatoms. The highest BCUT2D eigenvalue weighted by Gasteiger charge is 2.61. The van der Waals surface area contributed by atoms with Crippen LogP contribution in [-0.4, -0.2) is 18.4 Å². The Bertz CT molecular complexity index is 1080. The van der Waals surface area contributed by atoms with Crippen molar-refractivity contribution >= 4 is 17.5 Å². The maximum Gasteiger partial charge on any atom is 0.238 e. The second kappa shape index (κ2) is 6.81. The van der Waals surface area contributed by atoms with E-state index in [1.165, 1.54) is 27.2 Å². The van der Waals surface area contributed by atoms with Crippen molar-refractivity contribution in [2.24, 2.45) is 11.8 Å². The number of nitrogens with zero attached hydrogens (tertiary/aromatic N) is 1. The molecule has 31 heavy (non-hydrogen) atoms. The van der Waals surface area contributed by atoms with Gasteiger partial charge >= 0.3 is 0 Å². The van der Waals surface area contributed by atoms with Gasteiger partial charge in [0.05, 0.1) is 24.1 Å². The Hall–Kier alpha value is -3.40. The minimum absolute atomic E-state index is 0.0731. The van der Waals surface area contributed by atoms with Gasteiger partial charge in [0.25, 0.3) is 0 Å². The largest absolute Gasteiger partial charge is 0.494 e. The lowest BCUT2D eigenvalue weighted by atomic mass is 9.55. The van der Waals surface area contributed by atoms with Gasteiger partial charge in [-0.05, 0) is 52.9 Å². The van der Waals surface area contributed by atoms with Crippen LogP contribution in [0.5, 0.6) is 5.75 Å². The number of carbonyl (C=O) groups excluding carboxylic acids is 2. The van der Waals surface area contributed by atoms with E-state index in [1.54, 1.807) is 0 Å². The van der Waals surface area contributed by atoms with Crippen molar-refractivity contribution in [3.05, 3.63) is 95.1 Å². The second-order valence-electron chi connectivity index (χ2n) is 8.62. The van der Waals surface area contributed by atoms with Crippen molar-refractivity contribution in [2.45, 2.75) is 25.2 Å². The SMILES string of the molecule is CCCOc1ccc(N2C(=O)[C@@H]3C4c5ccccc5C(c5ccccc54)[C@@H]3C2=O)cc1. The highest BCUT2D eigenvalue weighted by molar-refractivity contribution is 6.23. The molecule has 4 aliphatic rings. The smallest absolute Gasteiger partial charge is 0.238 e. The zero-order valence-electron chi connectivity index (χ0n) is 17.3. The number of hydrogen-bond acceptors (Lipinski definition) is 3. The van der Waals surface area contributed by atoms with Gasteiger partial charge in [0, 0.05) is 11.8 Å². The zero-order valence-corrected chi connectivity index (χ0v) is 17.3. The highest BCUT2D eigenvalue weighted by atomic mass is 16.5. The molecule has 1 saturated heterocycles. The predicted molar refractivity (Wildman–Crippen MR) is 118 cm³/mol. The van der Waals surface area contributed by atoms with Gasteiger partial charge in [0.1, 0.15) is 5.75 Å². The van der Waals surface area contributed by atoms with Gasteiger partial charge in [-0.15, -0.1) is 0 Å². The third-order valence-corrected chi connectivity index (χ3v) is 7.02. The van der Waals surface area contributed by atoms with E-state index >= 15 is 0 Å². The summed E-state index contributed by atoms with van der Waals surface area (Å²) in [6, 6.07) is 23.9. The average Bonchev–Trinajstić information content (AvgIpc) is 3.09. The van der Waals surface area contributed by atoms with E-state index in [0.717, 1.165) is 12.2 Å². The van der Waals surface area contributed by atoms with Crippen molar-refractivity contribution in [1.29, 1.82) is 0 Å². The lowest BCUT2D eigenvalue weighted by Gasteiger charge is -2.45. The van der Waals surface area contributed by atoms with Crippen LogP contribution in [0.15, 0.2) is 72.8 Å². The molecule has 0 N–H and O–H groups in total. The van der Waals surface area contributed by atoms with Gasteiger partial charge in [-0.1, -0.05) is 55.5 Å². The fraction of sp³-hybridized carbons (Fsp3) is 0.259. The molecule has 2 amide bonds. The van der Waals surface area contributed by atoms with E-state index in [-0.39, 0.29) is 35.5 Å². The summed E-state index contributed by atoms with van der Waals surface area (Å²) in [5.74, 6) is -0.266.